The average molecular weight is 888 g/mol. The smallest absolute Gasteiger partial charge is 0.405 e. The van der Waals surface area contributed by atoms with Crippen LogP contribution in [-0.2, 0) is 39.7 Å². The molecule has 3 aliphatic rings. The fourth-order valence-electron chi connectivity index (χ4n) is 10.2. The van der Waals surface area contributed by atoms with E-state index in [1.54, 1.807) is 78.3 Å². The molecule has 3 aromatic carbocycles. The maximum atomic E-state index is 14.5. The summed E-state index contributed by atoms with van der Waals surface area (Å²) in [7, 11) is 3.11. The van der Waals surface area contributed by atoms with Crippen molar-refractivity contribution in [3.63, 3.8) is 0 Å². The van der Waals surface area contributed by atoms with Gasteiger partial charge in [-0.05, 0) is 84.0 Å². The number of nitrogens with two attached hydrogens (primary N) is 2. The zero-order valence-corrected chi connectivity index (χ0v) is 36.8. The van der Waals surface area contributed by atoms with Crippen LogP contribution in [0.5, 0.6) is 0 Å². The number of halogens is 1. The Balaban J connectivity index is 1.42. The fourth-order valence-corrected chi connectivity index (χ4v) is 10.2. The Hall–Kier alpha value is -6.27. The Labute approximate surface area is 371 Å². The minimum absolute atomic E-state index is 0.187. The molecule has 3 saturated heterocycles. The summed E-state index contributed by atoms with van der Waals surface area (Å²) in [6.07, 6.45) is -2.69. The second kappa shape index (κ2) is 18.8. The molecule has 0 saturated carbocycles. The number of nitrogens with zero attached hydrogens (tertiary/aromatic N) is 3. The second-order valence-electron chi connectivity index (χ2n) is 17.4. The lowest BCUT2D eigenvalue weighted by molar-refractivity contribution is -0.146. The van der Waals surface area contributed by atoms with Gasteiger partial charge in [0.2, 0.25) is 23.6 Å². The first kappa shape index (κ1) is 47.2. The van der Waals surface area contributed by atoms with Crippen LogP contribution in [0.3, 0.4) is 0 Å². The maximum absolute atomic E-state index is 14.5. The van der Waals surface area contributed by atoms with Gasteiger partial charge in [0.05, 0.1) is 12.1 Å². The first-order chi connectivity index (χ1) is 30.3. The zero-order chi connectivity index (χ0) is 46.8. The number of rotatable bonds is 15. The lowest BCUT2D eigenvalue weighted by Gasteiger charge is -2.39. The van der Waals surface area contributed by atoms with Gasteiger partial charge in [-0.3, -0.25) is 19.2 Å². The van der Waals surface area contributed by atoms with Crippen LogP contribution in [0, 0.1) is 17.7 Å². The molecule has 0 bridgehead atoms. The van der Waals surface area contributed by atoms with Crippen molar-refractivity contribution in [2.24, 2.45) is 23.3 Å². The molecule has 0 aromatic heterocycles. The monoisotopic (exact) mass is 887 g/mol. The Kier molecular flexibility index (Phi) is 13.9. The number of nitrogens with one attached hydrogen (secondary N) is 2. The number of likely N-dealkylation sites (tertiary alicyclic amines) is 2. The lowest BCUT2D eigenvalue weighted by atomic mass is 9.84. The highest BCUT2D eigenvalue weighted by atomic mass is 19.1. The van der Waals surface area contributed by atoms with E-state index in [1.807, 2.05) is 29.2 Å². The zero-order valence-electron chi connectivity index (χ0n) is 36.8. The molecule has 344 valence electrons. The normalized spacial score (nSPS) is 25.4. The molecule has 0 aliphatic carbocycles. The van der Waals surface area contributed by atoms with Crippen molar-refractivity contribution in [2.75, 3.05) is 32.2 Å². The molecule has 64 heavy (non-hydrogen) atoms. The van der Waals surface area contributed by atoms with E-state index in [1.165, 1.54) is 21.9 Å². The van der Waals surface area contributed by atoms with Crippen molar-refractivity contribution in [1.29, 1.82) is 0 Å². The molecule has 18 heteroatoms. The average Bonchev–Trinajstić information content (AvgIpc) is 4.00. The third-order valence-corrected chi connectivity index (χ3v) is 13.2. The summed E-state index contributed by atoms with van der Waals surface area (Å²) in [4.78, 5) is 83.1. The van der Waals surface area contributed by atoms with Gasteiger partial charge in [-0.15, -0.1) is 0 Å². The first-order valence-corrected chi connectivity index (χ1v) is 21.4. The number of anilines is 1. The van der Waals surface area contributed by atoms with Gasteiger partial charge in [0, 0.05) is 33.0 Å². The number of hydrogen-bond donors (Lipinski definition) is 6. The molecular formula is C46H58FN7O10. The number of hydrogen-bond acceptors (Lipinski definition) is 9. The van der Waals surface area contributed by atoms with E-state index in [2.05, 4.69) is 10.6 Å². The van der Waals surface area contributed by atoms with Crippen LogP contribution in [0.25, 0.3) is 0 Å². The van der Waals surface area contributed by atoms with Gasteiger partial charge >= 0.3 is 12.2 Å². The summed E-state index contributed by atoms with van der Waals surface area (Å²) in [6.45, 7) is 7.21. The molecule has 3 heterocycles. The topological polar surface area (TPSA) is 247 Å². The van der Waals surface area contributed by atoms with Crippen LogP contribution in [0.15, 0.2) is 72.8 Å². The van der Waals surface area contributed by atoms with Crippen molar-refractivity contribution in [2.45, 2.75) is 101 Å². The summed E-state index contributed by atoms with van der Waals surface area (Å²) in [5.74, 6) is -3.92. The second-order valence-corrected chi connectivity index (χ2v) is 17.4. The molecule has 6 rings (SSSR count). The first-order valence-electron chi connectivity index (χ1n) is 21.4. The van der Waals surface area contributed by atoms with E-state index >= 15 is 0 Å². The van der Waals surface area contributed by atoms with Crippen molar-refractivity contribution in [3.05, 3.63) is 101 Å². The molecule has 3 aromatic rings. The number of carbonyl (C=O) groups excluding carboxylic acids is 4. The number of carbonyl (C=O) groups is 6. The van der Waals surface area contributed by atoms with Gasteiger partial charge in [-0.25, -0.2) is 14.0 Å². The number of amides is 6. The molecule has 3 fully saturated rings. The van der Waals surface area contributed by atoms with E-state index in [4.69, 9.17) is 20.9 Å². The van der Waals surface area contributed by atoms with Gasteiger partial charge < -0.3 is 56.5 Å². The number of methoxy groups -OCH3 is 2. The van der Waals surface area contributed by atoms with Crippen LogP contribution in [-0.4, -0.2) is 107 Å². The molecule has 0 spiro atoms. The third-order valence-electron chi connectivity index (χ3n) is 13.2. The highest BCUT2D eigenvalue weighted by Crippen LogP contribution is 2.51. The van der Waals surface area contributed by atoms with E-state index in [9.17, 15) is 43.4 Å². The molecule has 8 N–H and O–H groups in total. The van der Waals surface area contributed by atoms with Gasteiger partial charge in [0.1, 0.15) is 41.2 Å². The van der Waals surface area contributed by atoms with Crippen LogP contribution in [0.2, 0.25) is 0 Å². The molecule has 17 nitrogen and oxygen atoms in total. The number of primary amides is 2. The Morgan fingerprint density at radius 2 is 1.00 bits per heavy atom. The minimum Gasteiger partial charge on any atom is -0.465 e. The van der Waals surface area contributed by atoms with Crippen molar-refractivity contribution < 1.29 is 52.8 Å². The predicted octanol–water partition coefficient (Wildman–Crippen LogP) is 4.35. The molecule has 8 atom stereocenters. The molecule has 0 radical (unpaired) electrons. The van der Waals surface area contributed by atoms with Crippen molar-refractivity contribution in [1.82, 2.24) is 20.4 Å². The summed E-state index contributed by atoms with van der Waals surface area (Å²) < 4.78 is 26.9. The largest absolute Gasteiger partial charge is 0.465 e. The molecule has 0 unspecified atom stereocenters. The summed E-state index contributed by atoms with van der Waals surface area (Å²) in [5, 5.41) is 23.6. The summed E-state index contributed by atoms with van der Waals surface area (Å²) >= 11 is 0. The van der Waals surface area contributed by atoms with Crippen LogP contribution in [0.1, 0.15) is 87.7 Å². The van der Waals surface area contributed by atoms with Gasteiger partial charge in [0.25, 0.3) is 0 Å². The van der Waals surface area contributed by atoms with Crippen LogP contribution < -0.4 is 27.0 Å². The van der Waals surface area contributed by atoms with Gasteiger partial charge in [-0.2, -0.15) is 0 Å². The van der Waals surface area contributed by atoms with E-state index in [0.717, 1.165) is 0 Å². The number of benzene rings is 3. The van der Waals surface area contributed by atoms with E-state index in [-0.39, 0.29) is 25.9 Å². The third kappa shape index (κ3) is 8.31. The lowest BCUT2D eigenvalue weighted by Crippen LogP contribution is -2.59. The highest BCUT2D eigenvalue weighted by molar-refractivity contribution is 5.96. The minimum atomic E-state index is -1.56. The number of carboxylic acid groups (broad SMARTS) is 2. The molecule has 3 aliphatic heterocycles. The SMILES string of the molecule is CO[C@H]1[C@H](OC)[C@H](c2ccc([C@]3(C(N)=O)CCCN3C(=O)[C@@H](NC(=O)O)C(C)C)cc2)N(c2ccc(F)cc2)[C@H]1c1ccc([C@]2(C(N)=O)CCCN2C(=O)[C@@H](NC(=O)O)C(C)C)cc1. The van der Waals surface area contributed by atoms with Gasteiger partial charge in [-0.1, -0.05) is 76.2 Å². The Bertz CT molecular complexity index is 2090. The predicted molar refractivity (Wildman–Crippen MR) is 232 cm³/mol. The van der Waals surface area contributed by atoms with Crippen molar-refractivity contribution in [3.8, 4) is 0 Å². The van der Waals surface area contributed by atoms with E-state index < -0.39 is 101 Å². The quantitative estimate of drug-likeness (QED) is 0.125. The highest BCUT2D eigenvalue weighted by Gasteiger charge is 2.55. The Morgan fingerprint density at radius 3 is 1.30 bits per heavy atom. The summed E-state index contributed by atoms with van der Waals surface area (Å²) in [5.41, 5.74) is 12.1. The molecular weight excluding hydrogens is 830 g/mol. The Morgan fingerprint density at radius 1 is 0.641 bits per heavy atom. The van der Waals surface area contributed by atoms with Gasteiger partial charge in [0.15, 0.2) is 0 Å². The van der Waals surface area contributed by atoms with Crippen LogP contribution >= 0.6 is 0 Å². The summed E-state index contributed by atoms with van der Waals surface area (Å²) in [6, 6.07) is 16.7. The molecule has 6 amide bonds. The fraction of sp³-hybridized carbons (Fsp3) is 0.478. The number of ether oxygens (including phenoxy) is 2. The van der Waals surface area contributed by atoms with Crippen molar-refractivity contribution >= 4 is 41.5 Å². The van der Waals surface area contributed by atoms with E-state index in [0.29, 0.717) is 40.8 Å². The maximum Gasteiger partial charge on any atom is 0.405 e. The standard InChI is InChI=1S/C46H58FN7O10/c1-25(2)33(50-43(59)60)39(55)52-23-7-21-45(52,41(48)57)29-13-9-27(10-14-29)35-37(63-5)38(64-6)36(54(35)32-19-17-31(47)18-20-32)28-11-15-30(16-12-28)46(42(49)58)22-8-24-53(46)40(56)34(26(3)4)51-44(61)62/h9-20,25-26,33-38,50-51H,7-8,21-24H2,1-6H3,(H2,48,57)(H2,49,58)(H,59,60)(H,61,62)/t33-,34-,35-,36-,37+,38+,45-,46-/m0/s1. The van der Waals surface area contributed by atoms with Crippen LogP contribution in [0.4, 0.5) is 19.7 Å².